The van der Waals surface area contributed by atoms with Crippen LogP contribution in [-0.4, -0.2) is 24.1 Å². The SMILES string of the molecule is COc1ccc(Cl)cc1NC1=NC[C@H](C)S1. The summed E-state index contributed by atoms with van der Waals surface area (Å²) >= 11 is 7.67. The van der Waals surface area contributed by atoms with Gasteiger partial charge < -0.3 is 10.1 Å². The quantitative estimate of drug-likeness (QED) is 0.882. The third kappa shape index (κ3) is 2.62. The van der Waals surface area contributed by atoms with Crippen LogP contribution in [0.4, 0.5) is 5.69 Å². The molecule has 5 heteroatoms. The maximum atomic E-state index is 5.95. The Morgan fingerprint density at radius 1 is 1.56 bits per heavy atom. The second-order valence-corrected chi connectivity index (χ2v) is 5.41. The molecular weight excluding hydrogens is 244 g/mol. The Kier molecular flexibility index (Phi) is 3.61. The molecule has 1 aliphatic heterocycles. The largest absolute Gasteiger partial charge is 0.495 e. The summed E-state index contributed by atoms with van der Waals surface area (Å²) in [7, 11) is 1.64. The summed E-state index contributed by atoms with van der Waals surface area (Å²) in [5.74, 6) is 0.771. The van der Waals surface area contributed by atoms with Crippen LogP contribution in [0.3, 0.4) is 0 Å². The first kappa shape index (κ1) is 11.6. The summed E-state index contributed by atoms with van der Waals surface area (Å²) in [5, 5.41) is 5.37. The maximum Gasteiger partial charge on any atom is 0.161 e. The van der Waals surface area contributed by atoms with E-state index in [4.69, 9.17) is 16.3 Å². The predicted molar refractivity (Wildman–Crippen MR) is 71.0 cm³/mol. The summed E-state index contributed by atoms with van der Waals surface area (Å²) in [6.45, 7) is 3.01. The number of benzene rings is 1. The first-order valence-corrected chi connectivity index (χ1v) is 6.26. The highest BCUT2D eigenvalue weighted by molar-refractivity contribution is 8.15. The zero-order chi connectivity index (χ0) is 11.5. The van der Waals surface area contributed by atoms with Gasteiger partial charge in [-0.25, -0.2) is 0 Å². The van der Waals surface area contributed by atoms with Crippen molar-refractivity contribution in [1.29, 1.82) is 0 Å². The van der Waals surface area contributed by atoms with Crippen LogP contribution in [0.25, 0.3) is 0 Å². The Morgan fingerprint density at radius 3 is 3.00 bits per heavy atom. The molecule has 16 heavy (non-hydrogen) atoms. The molecule has 1 heterocycles. The number of methoxy groups -OCH3 is 1. The van der Waals surface area contributed by atoms with Crippen LogP contribution in [0.15, 0.2) is 23.2 Å². The molecule has 0 aromatic heterocycles. The van der Waals surface area contributed by atoms with Crippen molar-refractivity contribution in [2.75, 3.05) is 19.0 Å². The molecule has 86 valence electrons. The number of halogens is 1. The lowest BCUT2D eigenvalue weighted by Gasteiger charge is -2.11. The topological polar surface area (TPSA) is 33.6 Å². The fourth-order valence-corrected chi connectivity index (χ4v) is 2.46. The average Bonchev–Trinajstić information content (AvgIpc) is 2.64. The lowest BCUT2D eigenvalue weighted by Crippen LogP contribution is -2.07. The highest BCUT2D eigenvalue weighted by Crippen LogP contribution is 2.30. The van der Waals surface area contributed by atoms with E-state index >= 15 is 0 Å². The van der Waals surface area contributed by atoms with Gasteiger partial charge in [-0.15, -0.1) is 0 Å². The highest BCUT2D eigenvalue weighted by Gasteiger charge is 2.16. The number of anilines is 1. The molecule has 3 nitrogen and oxygen atoms in total. The van der Waals surface area contributed by atoms with E-state index < -0.39 is 0 Å². The molecule has 1 aromatic carbocycles. The molecular formula is C11H13ClN2OS. The van der Waals surface area contributed by atoms with Crippen LogP contribution >= 0.6 is 23.4 Å². The van der Waals surface area contributed by atoms with E-state index in [0.717, 1.165) is 23.1 Å². The van der Waals surface area contributed by atoms with Crippen molar-refractivity contribution in [3.05, 3.63) is 23.2 Å². The first-order chi connectivity index (χ1) is 7.69. The average molecular weight is 257 g/mol. The molecule has 0 radical (unpaired) electrons. The van der Waals surface area contributed by atoms with Crippen LogP contribution in [0.2, 0.25) is 5.02 Å². The standard InChI is InChI=1S/C11H13ClN2OS/c1-7-6-13-11(16-7)14-9-5-8(12)3-4-10(9)15-2/h3-5,7H,6H2,1-2H3,(H,13,14)/t7-/m0/s1. The monoisotopic (exact) mass is 256 g/mol. The second-order valence-electron chi connectivity index (χ2n) is 3.54. The van der Waals surface area contributed by atoms with E-state index in [1.165, 1.54) is 0 Å². The van der Waals surface area contributed by atoms with Gasteiger partial charge in [0.15, 0.2) is 5.17 Å². The van der Waals surface area contributed by atoms with Gasteiger partial charge in [-0.3, -0.25) is 4.99 Å². The predicted octanol–water partition coefficient (Wildman–Crippen LogP) is 3.25. The molecule has 2 rings (SSSR count). The van der Waals surface area contributed by atoms with Crippen LogP contribution in [0.1, 0.15) is 6.92 Å². The first-order valence-electron chi connectivity index (χ1n) is 5.00. The van der Waals surface area contributed by atoms with E-state index in [1.807, 2.05) is 12.1 Å². The zero-order valence-electron chi connectivity index (χ0n) is 9.16. The van der Waals surface area contributed by atoms with Crippen molar-refractivity contribution in [1.82, 2.24) is 0 Å². The molecule has 0 fully saturated rings. The van der Waals surface area contributed by atoms with Gasteiger partial charge in [0.05, 0.1) is 19.3 Å². The minimum absolute atomic E-state index is 0.535. The Bertz CT molecular complexity index is 422. The second kappa shape index (κ2) is 4.97. The normalized spacial score (nSPS) is 19.4. The molecule has 0 unspecified atom stereocenters. The number of nitrogens with one attached hydrogen (secondary N) is 1. The minimum atomic E-state index is 0.535. The van der Waals surface area contributed by atoms with E-state index in [1.54, 1.807) is 24.9 Å². The molecule has 0 amide bonds. The number of amidine groups is 1. The molecule has 1 N–H and O–H groups in total. The van der Waals surface area contributed by atoms with Gasteiger partial charge in [0.25, 0.3) is 0 Å². The number of hydrogen-bond acceptors (Lipinski definition) is 4. The van der Waals surface area contributed by atoms with Crippen molar-refractivity contribution >= 4 is 34.2 Å². The molecule has 0 aliphatic carbocycles. The van der Waals surface area contributed by atoms with E-state index in [-0.39, 0.29) is 0 Å². The third-order valence-electron chi connectivity index (χ3n) is 2.21. The third-order valence-corrected chi connectivity index (χ3v) is 3.45. The Balaban J connectivity index is 2.17. The van der Waals surface area contributed by atoms with Crippen molar-refractivity contribution < 1.29 is 4.74 Å². The summed E-state index contributed by atoms with van der Waals surface area (Å²) < 4.78 is 5.25. The molecule has 1 aromatic rings. The summed E-state index contributed by atoms with van der Waals surface area (Å²) in [6.07, 6.45) is 0. The summed E-state index contributed by atoms with van der Waals surface area (Å²) in [4.78, 5) is 4.39. The van der Waals surface area contributed by atoms with Crippen molar-refractivity contribution in [3.63, 3.8) is 0 Å². The lowest BCUT2D eigenvalue weighted by atomic mass is 10.3. The van der Waals surface area contributed by atoms with Gasteiger partial charge in [-0.1, -0.05) is 30.3 Å². The lowest BCUT2D eigenvalue weighted by molar-refractivity contribution is 0.417. The van der Waals surface area contributed by atoms with Gasteiger partial charge in [-0.2, -0.15) is 0 Å². The van der Waals surface area contributed by atoms with E-state index in [9.17, 15) is 0 Å². The van der Waals surface area contributed by atoms with Crippen LogP contribution < -0.4 is 10.1 Å². The van der Waals surface area contributed by atoms with Crippen LogP contribution in [0.5, 0.6) is 5.75 Å². The number of rotatable bonds is 2. The summed E-state index contributed by atoms with van der Waals surface area (Å²) in [5.41, 5.74) is 0.857. The molecule has 1 atom stereocenters. The van der Waals surface area contributed by atoms with Gasteiger partial charge in [-0.05, 0) is 18.2 Å². The van der Waals surface area contributed by atoms with E-state index in [0.29, 0.717) is 10.3 Å². The zero-order valence-corrected chi connectivity index (χ0v) is 10.7. The molecule has 0 spiro atoms. The van der Waals surface area contributed by atoms with E-state index in [2.05, 4.69) is 17.2 Å². The Hall–Kier alpha value is -0.870. The molecule has 0 saturated carbocycles. The highest BCUT2D eigenvalue weighted by atomic mass is 35.5. The molecule has 0 saturated heterocycles. The number of hydrogen-bond donors (Lipinski definition) is 1. The Labute approximate surface area is 104 Å². The van der Waals surface area contributed by atoms with Crippen LogP contribution in [0, 0.1) is 0 Å². The molecule has 0 bridgehead atoms. The van der Waals surface area contributed by atoms with Gasteiger partial charge in [0, 0.05) is 10.3 Å². The fourth-order valence-electron chi connectivity index (χ4n) is 1.44. The van der Waals surface area contributed by atoms with Gasteiger partial charge in [0.2, 0.25) is 0 Å². The maximum absolute atomic E-state index is 5.95. The van der Waals surface area contributed by atoms with Crippen LogP contribution in [-0.2, 0) is 0 Å². The summed E-state index contributed by atoms with van der Waals surface area (Å²) in [6, 6.07) is 5.48. The molecule has 1 aliphatic rings. The fraction of sp³-hybridized carbons (Fsp3) is 0.364. The number of aliphatic imine (C=N–C) groups is 1. The van der Waals surface area contributed by atoms with Gasteiger partial charge in [0.1, 0.15) is 5.75 Å². The van der Waals surface area contributed by atoms with Crippen molar-refractivity contribution in [2.45, 2.75) is 12.2 Å². The Morgan fingerprint density at radius 2 is 2.38 bits per heavy atom. The van der Waals surface area contributed by atoms with Crippen molar-refractivity contribution in [2.24, 2.45) is 4.99 Å². The van der Waals surface area contributed by atoms with Gasteiger partial charge >= 0.3 is 0 Å². The number of thioether (sulfide) groups is 1. The number of nitrogens with zero attached hydrogens (tertiary/aromatic N) is 1. The smallest absolute Gasteiger partial charge is 0.161 e. The van der Waals surface area contributed by atoms with Crippen molar-refractivity contribution in [3.8, 4) is 5.75 Å². The minimum Gasteiger partial charge on any atom is -0.495 e. The number of ether oxygens (including phenoxy) is 1.